The lowest BCUT2D eigenvalue weighted by Crippen LogP contribution is -2.06. The van der Waals surface area contributed by atoms with Gasteiger partial charge in [-0.25, -0.2) is 0 Å². The third-order valence-corrected chi connectivity index (χ3v) is 1.71. The summed E-state index contributed by atoms with van der Waals surface area (Å²) in [5.41, 5.74) is 0.312. The number of aryl methyl sites for hydroxylation is 1. The number of hydrogen-bond acceptors (Lipinski definition) is 3. The van der Waals surface area contributed by atoms with E-state index in [-0.39, 0.29) is 5.43 Å². The summed E-state index contributed by atoms with van der Waals surface area (Å²) in [6, 6.07) is 1.34. The Hall–Kier alpha value is -1.51. The Morgan fingerprint density at radius 3 is 3.00 bits per heavy atom. The van der Waals surface area contributed by atoms with Gasteiger partial charge in [0.25, 0.3) is 0 Å². The lowest BCUT2D eigenvalue weighted by atomic mass is 10.1. The van der Waals surface area contributed by atoms with Crippen molar-refractivity contribution in [2.24, 2.45) is 0 Å². The van der Waals surface area contributed by atoms with Crippen molar-refractivity contribution in [2.75, 3.05) is 0 Å². The topological polar surface area (TPSA) is 50.4 Å². The molecular formula is C10H12O3. The maximum absolute atomic E-state index is 11.3. The van der Waals surface area contributed by atoms with Crippen molar-refractivity contribution >= 4 is 6.08 Å². The summed E-state index contributed by atoms with van der Waals surface area (Å²) in [6.07, 6.45) is 5.19. The Balaban J connectivity index is 3.17. The van der Waals surface area contributed by atoms with Crippen molar-refractivity contribution in [1.29, 1.82) is 0 Å². The highest BCUT2D eigenvalue weighted by molar-refractivity contribution is 5.49. The van der Waals surface area contributed by atoms with E-state index in [1.165, 1.54) is 18.4 Å². The lowest BCUT2D eigenvalue weighted by Gasteiger charge is -2.00. The van der Waals surface area contributed by atoms with Crippen LogP contribution in [0, 0.1) is 0 Å². The van der Waals surface area contributed by atoms with Gasteiger partial charge >= 0.3 is 0 Å². The maximum atomic E-state index is 11.3. The number of aliphatic hydroxyl groups is 1. The molecule has 3 heteroatoms. The summed E-state index contributed by atoms with van der Waals surface area (Å²) in [5.74, 6) is 0.625. The van der Waals surface area contributed by atoms with Crippen molar-refractivity contribution in [2.45, 2.75) is 19.8 Å². The molecule has 0 aliphatic carbocycles. The molecule has 1 heterocycles. The quantitative estimate of drug-likeness (QED) is 0.725. The standard InChI is InChI=1S/C10H12O3/c1-2-3-10-8(4-6-11)9(12)5-7-13-10/h4-7,11H,2-3H2,1H3/b6-4+. The molecule has 0 unspecified atom stereocenters. The van der Waals surface area contributed by atoms with Gasteiger partial charge in [-0.2, -0.15) is 0 Å². The SMILES string of the molecule is CCCc1occc(=O)c1/C=C/O. The van der Waals surface area contributed by atoms with Crippen LogP contribution in [0.15, 0.2) is 27.8 Å². The summed E-state index contributed by atoms with van der Waals surface area (Å²) in [4.78, 5) is 11.3. The van der Waals surface area contributed by atoms with Crippen molar-refractivity contribution in [3.8, 4) is 0 Å². The molecule has 0 amide bonds. The Labute approximate surface area is 76.3 Å². The predicted molar refractivity (Wildman–Crippen MR) is 50.6 cm³/mol. The fourth-order valence-electron chi connectivity index (χ4n) is 1.14. The van der Waals surface area contributed by atoms with Gasteiger partial charge in [-0.1, -0.05) is 6.92 Å². The zero-order chi connectivity index (χ0) is 9.68. The van der Waals surface area contributed by atoms with E-state index in [0.717, 1.165) is 12.7 Å². The molecule has 0 aliphatic rings. The van der Waals surface area contributed by atoms with E-state index >= 15 is 0 Å². The Morgan fingerprint density at radius 2 is 2.38 bits per heavy atom. The van der Waals surface area contributed by atoms with Crippen LogP contribution >= 0.6 is 0 Å². The molecule has 0 aromatic carbocycles. The fraction of sp³-hybridized carbons (Fsp3) is 0.300. The summed E-state index contributed by atoms with van der Waals surface area (Å²) >= 11 is 0. The highest BCUT2D eigenvalue weighted by atomic mass is 16.3. The summed E-state index contributed by atoms with van der Waals surface area (Å²) in [7, 11) is 0. The first-order valence-corrected chi connectivity index (χ1v) is 4.21. The monoisotopic (exact) mass is 180 g/mol. The van der Waals surface area contributed by atoms with E-state index in [4.69, 9.17) is 9.52 Å². The maximum Gasteiger partial charge on any atom is 0.192 e. The molecule has 1 N–H and O–H groups in total. The predicted octanol–water partition coefficient (Wildman–Crippen LogP) is 2.12. The molecule has 1 aromatic rings. The molecule has 3 nitrogen and oxygen atoms in total. The molecule has 1 aromatic heterocycles. The van der Waals surface area contributed by atoms with Gasteiger partial charge in [-0.3, -0.25) is 4.79 Å². The van der Waals surface area contributed by atoms with Crippen LogP contribution in [-0.4, -0.2) is 5.11 Å². The lowest BCUT2D eigenvalue weighted by molar-refractivity contribution is 0.473. The minimum absolute atomic E-state index is 0.125. The smallest absolute Gasteiger partial charge is 0.192 e. The highest BCUT2D eigenvalue weighted by Gasteiger charge is 2.04. The van der Waals surface area contributed by atoms with Crippen LogP contribution in [0.25, 0.3) is 6.08 Å². The van der Waals surface area contributed by atoms with Gasteiger partial charge in [-0.05, 0) is 12.5 Å². The average Bonchev–Trinajstić information content (AvgIpc) is 2.11. The normalized spacial score (nSPS) is 10.8. The molecule has 0 aliphatic heterocycles. The molecule has 0 saturated heterocycles. The van der Waals surface area contributed by atoms with E-state index in [2.05, 4.69) is 0 Å². The Morgan fingerprint density at radius 1 is 1.62 bits per heavy atom. The molecular weight excluding hydrogens is 168 g/mol. The van der Waals surface area contributed by atoms with Crippen molar-refractivity contribution in [3.63, 3.8) is 0 Å². The van der Waals surface area contributed by atoms with Crippen molar-refractivity contribution in [3.05, 3.63) is 40.1 Å². The van der Waals surface area contributed by atoms with Gasteiger partial charge in [-0.15, -0.1) is 0 Å². The van der Waals surface area contributed by atoms with Gasteiger partial charge in [0.15, 0.2) is 5.43 Å². The zero-order valence-corrected chi connectivity index (χ0v) is 7.49. The van der Waals surface area contributed by atoms with E-state index in [9.17, 15) is 4.79 Å². The number of aliphatic hydroxyl groups excluding tert-OH is 1. The molecule has 1 rings (SSSR count). The minimum atomic E-state index is -0.125. The van der Waals surface area contributed by atoms with Crippen LogP contribution in [0.2, 0.25) is 0 Å². The number of hydrogen-bond donors (Lipinski definition) is 1. The van der Waals surface area contributed by atoms with E-state index < -0.39 is 0 Å². The molecule has 0 fully saturated rings. The molecule has 13 heavy (non-hydrogen) atoms. The first kappa shape index (κ1) is 9.58. The number of rotatable bonds is 3. The van der Waals surface area contributed by atoms with Crippen LogP contribution in [0.5, 0.6) is 0 Å². The first-order valence-electron chi connectivity index (χ1n) is 4.21. The van der Waals surface area contributed by atoms with Crippen LogP contribution in [0.4, 0.5) is 0 Å². The fourth-order valence-corrected chi connectivity index (χ4v) is 1.14. The van der Waals surface area contributed by atoms with Crippen molar-refractivity contribution in [1.82, 2.24) is 0 Å². The van der Waals surface area contributed by atoms with Crippen LogP contribution < -0.4 is 5.43 Å². The summed E-state index contributed by atoms with van der Waals surface area (Å²) < 4.78 is 5.17. The second-order valence-corrected chi connectivity index (χ2v) is 2.69. The Kier molecular flexibility index (Phi) is 3.31. The van der Waals surface area contributed by atoms with Gasteiger partial charge in [0.2, 0.25) is 0 Å². The Bertz CT molecular complexity index is 349. The van der Waals surface area contributed by atoms with Crippen molar-refractivity contribution < 1.29 is 9.52 Å². The molecule has 0 spiro atoms. The average molecular weight is 180 g/mol. The van der Waals surface area contributed by atoms with Crippen LogP contribution in [-0.2, 0) is 6.42 Å². The summed E-state index contributed by atoms with van der Waals surface area (Å²) in [6.45, 7) is 2.00. The second kappa shape index (κ2) is 4.50. The van der Waals surface area contributed by atoms with E-state index in [0.29, 0.717) is 17.7 Å². The molecule has 0 saturated carbocycles. The van der Waals surface area contributed by atoms with E-state index in [1.807, 2.05) is 6.92 Å². The minimum Gasteiger partial charge on any atom is -0.516 e. The third kappa shape index (κ3) is 2.21. The van der Waals surface area contributed by atoms with Gasteiger partial charge in [0, 0.05) is 12.5 Å². The highest BCUT2D eigenvalue weighted by Crippen LogP contribution is 2.08. The first-order chi connectivity index (χ1) is 6.29. The van der Waals surface area contributed by atoms with E-state index in [1.54, 1.807) is 0 Å². The van der Waals surface area contributed by atoms with Gasteiger partial charge < -0.3 is 9.52 Å². The largest absolute Gasteiger partial charge is 0.516 e. The van der Waals surface area contributed by atoms with Crippen LogP contribution in [0.1, 0.15) is 24.7 Å². The second-order valence-electron chi connectivity index (χ2n) is 2.69. The third-order valence-electron chi connectivity index (χ3n) is 1.71. The van der Waals surface area contributed by atoms with Gasteiger partial charge in [0.05, 0.1) is 18.1 Å². The molecule has 0 radical (unpaired) electrons. The zero-order valence-electron chi connectivity index (χ0n) is 7.49. The summed E-state index contributed by atoms with van der Waals surface area (Å²) in [5, 5.41) is 8.58. The molecule has 0 bridgehead atoms. The molecule has 0 atom stereocenters. The van der Waals surface area contributed by atoms with Gasteiger partial charge in [0.1, 0.15) is 5.76 Å². The van der Waals surface area contributed by atoms with Crippen LogP contribution in [0.3, 0.4) is 0 Å². The molecule has 70 valence electrons.